The molecule has 4 heterocycles. The summed E-state index contributed by atoms with van der Waals surface area (Å²) >= 11 is 0. The molecule has 36 heavy (non-hydrogen) atoms. The SMILES string of the molecule is O=C(c1cc(N2CCC(N3CCc4cc(O)ccc4NC3=O)CC2)ncn1)c1c[nH]c2ccccc12. The lowest BCUT2D eigenvalue weighted by atomic mass is 10.0. The van der Waals surface area contributed by atoms with E-state index in [-0.39, 0.29) is 23.6 Å². The normalized spacial score (nSPS) is 16.5. The first-order chi connectivity index (χ1) is 17.6. The number of fused-ring (bicyclic) bond motifs is 2. The van der Waals surface area contributed by atoms with Crippen molar-refractivity contribution in [2.24, 2.45) is 0 Å². The van der Waals surface area contributed by atoms with Crippen molar-refractivity contribution < 1.29 is 14.7 Å². The van der Waals surface area contributed by atoms with Gasteiger partial charge in [0.2, 0.25) is 5.78 Å². The number of piperidine rings is 1. The van der Waals surface area contributed by atoms with Crippen LogP contribution in [0.5, 0.6) is 5.75 Å². The zero-order valence-electron chi connectivity index (χ0n) is 19.6. The molecule has 182 valence electrons. The summed E-state index contributed by atoms with van der Waals surface area (Å²) in [6.45, 7) is 2.05. The number of H-pyrrole nitrogens is 1. The lowest BCUT2D eigenvalue weighted by molar-refractivity contribution is 0.103. The van der Waals surface area contributed by atoms with Crippen LogP contribution < -0.4 is 10.2 Å². The van der Waals surface area contributed by atoms with Gasteiger partial charge in [-0.15, -0.1) is 0 Å². The summed E-state index contributed by atoms with van der Waals surface area (Å²) in [6, 6.07) is 14.5. The van der Waals surface area contributed by atoms with Crippen molar-refractivity contribution in [2.45, 2.75) is 25.3 Å². The molecule has 2 aromatic heterocycles. The molecular weight excluding hydrogens is 456 g/mol. The minimum absolute atomic E-state index is 0.105. The monoisotopic (exact) mass is 482 g/mol. The number of carbonyl (C=O) groups excluding carboxylic acids is 2. The number of urea groups is 1. The minimum Gasteiger partial charge on any atom is -0.508 e. The van der Waals surface area contributed by atoms with Crippen LogP contribution in [0.15, 0.2) is 61.1 Å². The van der Waals surface area contributed by atoms with Crippen LogP contribution >= 0.6 is 0 Å². The summed E-state index contributed by atoms with van der Waals surface area (Å²) in [6.07, 6.45) is 5.45. The molecule has 0 atom stereocenters. The summed E-state index contributed by atoms with van der Waals surface area (Å²) in [5, 5.41) is 13.6. The number of phenols is 1. The molecule has 2 aliphatic heterocycles. The Hall–Kier alpha value is -4.40. The Bertz CT molecular complexity index is 1460. The van der Waals surface area contributed by atoms with Crippen molar-refractivity contribution in [3.8, 4) is 5.75 Å². The number of nitrogens with one attached hydrogen (secondary N) is 2. The van der Waals surface area contributed by atoms with E-state index in [1.165, 1.54) is 6.33 Å². The summed E-state index contributed by atoms with van der Waals surface area (Å²) in [7, 11) is 0. The molecule has 0 bridgehead atoms. The maximum Gasteiger partial charge on any atom is 0.322 e. The summed E-state index contributed by atoms with van der Waals surface area (Å²) in [5.41, 5.74) is 3.56. The summed E-state index contributed by atoms with van der Waals surface area (Å²) in [5.74, 6) is 0.782. The highest BCUT2D eigenvalue weighted by atomic mass is 16.3. The van der Waals surface area contributed by atoms with Crippen molar-refractivity contribution in [3.63, 3.8) is 0 Å². The van der Waals surface area contributed by atoms with Gasteiger partial charge in [-0.05, 0) is 49.1 Å². The number of amides is 2. The van der Waals surface area contributed by atoms with Crippen LogP contribution in [0, 0.1) is 0 Å². The highest BCUT2D eigenvalue weighted by Crippen LogP contribution is 2.28. The maximum atomic E-state index is 13.2. The van der Waals surface area contributed by atoms with Crippen LogP contribution in [0.1, 0.15) is 34.5 Å². The van der Waals surface area contributed by atoms with E-state index < -0.39 is 0 Å². The molecule has 0 saturated carbocycles. The van der Waals surface area contributed by atoms with Gasteiger partial charge in [0.15, 0.2) is 0 Å². The number of carbonyl (C=O) groups is 2. The predicted molar refractivity (Wildman–Crippen MR) is 137 cm³/mol. The lowest BCUT2D eigenvalue weighted by Crippen LogP contribution is -2.49. The van der Waals surface area contributed by atoms with Crippen molar-refractivity contribution in [1.82, 2.24) is 19.9 Å². The molecule has 3 N–H and O–H groups in total. The topological polar surface area (TPSA) is 114 Å². The zero-order chi connectivity index (χ0) is 24.6. The predicted octanol–water partition coefficient (Wildman–Crippen LogP) is 3.95. The van der Waals surface area contributed by atoms with Crippen LogP contribution in [0.2, 0.25) is 0 Å². The van der Waals surface area contributed by atoms with Crippen molar-refractivity contribution in [3.05, 3.63) is 77.9 Å². The van der Waals surface area contributed by atoms with E-state index in [0.717, 1.165) is 53.9 Å². The molecule has 0 spiro atoms. The van der Waals surface area contributed by atoms with E-state index in [2.05, 4.69) is 25.2 Å². The zero-order valence-corrected chi connectivity index (χ0v) is 19.6. The van der Waals surface area contributed by atoms with Gasteiger partial charge in [-0.1, -0.05) is 18.2 Å². The molecule has 9 nitrogen and oxygen atoms in total. The third kappa shape index (κ3) is 4.02. The highest BCUT2D eigenvalue weighted by molar-refractivity contribution is 6.15. The number of ketones is 1. The number of hydrogen-bond donors (Lipinski definition) is 3. The molecule has 4 aromatic rings. The van der Waals surface area contributed by atoms with E-state index in [0.29, 0.717) is 24.2 Å². The molecule has 0 unspecified atom stereocenters. The number of rotatable bonds is 4. The average molecular weight is 483 g/mol. The van der Waals surface area contributed by atoms with Crippen LogP contribution in [0.4, 0.5) is 16.3 Å². The minimum atomic E-state index is -0.141. The number of aromatic hydroxyl groups is 1. The van der Waals surface area contributed by atoms with Gasteiger partial charge in [0.05, 0.1) is 0 Å². The van der Waals surface area contributed by atoms with Gasteiger partial charge in [0.1, 0.15) is 23.6 Å². The van der Waals surface area contributed by atoms with Crippen LogP contribution in [0.25, 0.3) is 10.9 Å². The molecule has 1 fully saturated rings. The first-order valence-electron chi connectivity index (χ1n) is 12.1. The second-order valence-electron chi connectivity index (χ2n) is 9.27. The lowest BCUT2D eigenvalue weighted by Gasteiger charge is -2.38. The van der Waals surface area contributed by atoms with E-state index in [9.17, 15) is 14.7 Å². The Labute approximate surface area is 207 Å². The smallest absolute Gasteiger partial charge is 0.322 e. The van der Waals surface area contributed by atoms with Crippen molar-refractivity contribution in [2.75, 3.05) is 29.9 Å². The number of anilines is 2. The van der Waals surface area contributed by atoms with Gasteiger partial charge in [0, 0.05) is 60.1 Å². The Morgan fingerprint density at radius 2 is 1.86 bits per heavy atom. The fraction of sp³-hybridized carbons (Fsp3) is 0.259. The Morgan fingerprint density at radius 3 is 2.72 bits per heavy atom. The Kier molecular flexibility index (Phi) is 5.52. The highest BCUT2D eigenvalue weighted by Gasteiger charge is 2.31. The average Bonchev–Trinajstić information content (AvgIpc) is 3.27. The van der Waals surface area contributed by atoms with E-state index in [4.69, 9.17) is 0 Å². The fourth-order valence-corrected chi connectivity index (χ4v) is 5.23. The van der Waals surface area contributed by atoms with E-state index in [1.807, 2.05) is 29.2 Å². The second kappa shape index (κ2) is 8.99. The number of para-hydroxylation sites is 1. The van der Waals surface area contributed by atoms with E-state index in [1.54, 1.807) is 30.5 Å². The standard InChI is InChI=1S/C27H26N6O3/c34-19-5-6-22-17(13-19)7-12-33(27(36)31-22)18-8-10-32(11-9-18)25-14-24(29-16-30-25)26(35)21-15-28-23-4-2-1-3-20(21)23/h1-6,13-16,18,28,34H,7-12H2,(H,31,36). The van der Waals surface area contributed by atoms with Crippen molar-refractivity contribution >= 4 is 34.2 Å². The van der Waals surface area contributed by atoms with Crippen LogP contribution in [-0.2, 0) is 6.42 Å². The first kappa shape index (κ1) is 22.1. The molecule has 2 aliphatic rings. The van der Waals surface area contributed by atoms with E-state index >= 15 is 0 Å². The molecule has 0 aliphatic carbocycles. The first-order valence-corrected chi connectivity index (χ1v) is 12.1. The molecule has 0 radical (unpaired) electrons. The Balaban J connectivity index is 1.14. The fourth-order valence-electron chi connectivity index (χ4n) is 5.23. The van der Waals surface area contributed by atoms with Crippen LogP contribution in [0.3, 0.4) is 0 Å². The van der Waals surface area contributed by atoms with Gasteiger partial charge in [-0.3, -0.25) is 4.79 Å². The largest absolute Gasteiger partial charge is 0.508 e. The third-order valence-corrected chi connectivity index (χ3v) is 7.16. The quantitative estimate of drug-likeness (QED) is 0.300. The number of hydrogen-bond acceptors (Lipinski definition) is 6. The number of aromatic nitrogens is 3. The Morgan fingerprint density at radius 1 is 1.03 bits per heavy atom. The molecule has 6 rings (SSSR count). The molecule has 1 saturated heterocycles. The number of phenolic OH excluding ortho intramolecular Hbond substituents is 1. The van der Waals surface area contributed by atoms with Crippen molar-refractivity contribution in [1.29, 1.82) is 0 Å². The summed E-state index contributed by atoms with van der Waals surface area (Å²) < 4.78 is 0. The molecule has 2 amide bonds. The second-order valence-corrected chi connectivity index (χ2v) is 9.27. The molecule has 2 aromatic carbocycles. The number of benzene rings is 2. The van der Waals surface area contributed by atoms with Crippen LogP contribution in [-0.4, -0.2) is 62.4 Å². The molecular formula is C27H26N6O3. The van der Waals surface area contributed by atoms with Gasteiger partial charge in [-0.25, -0.2) is 14.8 Å². The number of nitrogens with zero attached hydrogens (tertiary/aromatic N) is 4. The number of aromatic amines is 1. The van der Waals surface area contributed by atoms with Gasteiger partial charge >= 0.3 is 6.03 Å². The van der Waals surface area contributed by atoms with Gasteiger partial charge in [0.25, 0.3) is 0 Å². The summed E-state index contributed by atoms with van der Waals surface area (Å²) in [4.78, 5) is 42.0. The molecule has 9 heteroatoms. The third-order valence-electron chi connectivity index (χ3n) is 7.16. The van der Waals surface area contributed by atoms with Gasteiger partial charge < -0.3 is 25.2 Å². The maximum absolute atomic E-state index is 13.2. The van der Waals surface area contributed by atoms with Gasteiger partial charge in [-0.2, -0.15) is 0 Å².